The number of thiazole rings is 1. The number of carbonyl (C=O) groups is 2. The van der Waals surface area contributed by atoms with Crippen LogP contribution in [0.4, 0.5) is 5.13 Å². The molecule has 18 heavy (non-hydrogen) atoms. The smallest absolute Gasteiger partial charge is 0.350 e. The van der Waals surface area contributed by atoms with Crippen molar-refractivity contribution in [2.45, 2.75) is 26.8 Å². The average molecular weight is 271 g/mol. The van der Waals surface area contributed by atoms with Crippen molar-refractivity contribution < 1.29 is 14.3 Å². The molecule has 0 bridgehead atoms. The van der Waals surface area contributed by atoms with E-state index in [9.17, 15) is 9.59 Å². The lowest BCUT2D eigenvalue weighted by atomic mass is 10.0. The molecular formula is C11H17N3O3S. The first-order valence-electron chi connectivity index (χ1n) is 5.48. The number of carbonyl (C=O) groups excluding carboxylic acids is 2. The van der Waals surface area contributed by atoms with Crippen LogP contribution in [0.5, 0.6) is 0 Å². The fourth-order valence-corrected chi connectivity index (χ4v) is 2.36. The Hall–Kier alpha value is -1.63. The second-order valence-electron chi connectivity index (χ2n) is 4.19. The molecule has 100 valence electrons. The zero-order valence-corrected chi connectivity index (χ0v) is 11.6. The molecule has 0 aliphatic heterocycles. The summed E-state index contributed by atoms with van der Waals surface area (Å²) < 4.78 is 4.64. The number of hydrogen-bond donors (Lipinski definition) is 2. The molecule has 1 rings (SSSR count). The summed E-state index contributed by atoms with van der Waals surface area (Å²) in [6.45, 7) is 5.47. The van der Waals surface area contributed by atoms with Gasteiger partial charge in [0.25, 0.3) is 0 Å². The van der Waals surface area contributed by atoms with E-state index in [0.717, 1.165) is 11.3 Å². The van der Waals surface area contributed by atoms with Crippen molar-refractivity contribution in [2.24, 2.45) is 11.7 Å². The Morgan fingerprint density at radius 3 is 2.50 bits per heavy atom. The molecule has 0 radical (unpaired) electrons. The molecule has 1 unspecified atom stereocenters. The minimum atomic E-state index is -0.513. The van der Waals surface area contributed by atoms with E-state index in [1.165, 1.54) is 7.11 Å². The summed E-state index contributed by atoms with van der Waals surface area (Å²) in [5.41, 5.74) is 5.87. The van der Waals surface area contributed by atoms with Gasteiger partial charge in [-0.3, -0.25) is 4.79 Å². The first kappa shape index (κ1) is 14.4. The van der Waals surface area contributed by atoms with Crippen LogP contribution in [0.1, 0.15) is 29.2 Å². The molecule has 7 heteroatoms. The molecule has 1 amide bonds. The lowest BCUT2D eigenvalue weighted by molar-refractivity contribution is -0.119. The van der Waals surface area contributed by atoms with Crippen molar-refractivity contribution in [3.05, 3.63) is 10.6 Å². The van der Waals surface area contributed by atoms with Crippen LogP contribution in [0.3, 0.4) is 0 Å². The summed E-state index contributed by atoms with van der Waals surface area (Å²) in [5, 5.41) is 3.43. The van der Waals surface area contributed by atoms with Gasteiger partial charge in [0.15, 0.2) is 5.13 Å². The third-order valence-electron chi connectivity index (χ3n) is 2.42. The first-order valence-corrected chi connectivity index (χ1v) is 6.30. The number of nitrogens with two attached hydrogens (primary N) is 1. The van der Waals surface area contributed by atoms with Crippen LogP contribution in [0.2, 0.25) is 0 Å². The van der Waals surface area contributed by atoms with Gasteiger partial charge in [-0.15, -0.1) is 0 Å². The maximum absolute atomic E-state index is 11.4. The highest BCUT2D eigenvalue weighted by atomic mass is 32.1. The van der Waals surface area contributed by atoms with E-state index in [0.29, 0.717) is 15.7 Å². The maximum atomic E-state index is 11.4. The second-order valence-corrected chi connectivity index (χ2v) is 5.19. The van der Waals surface area contributed by atoms with Gasteiger partial charge in [-0.2, -0.15) is 0 Å². The van der Waals surface area contributed by atoms with Crippen molar-refractivity contribution in [1.29, 1.82) is 0 Å². The summed E-state index contributed by atoms with van der Waals surface area (Å²) in [6.07, 6.45) is 0. The molecule has 0 spiro atoms. The van der Waals surface area contributed by atoms with Gasteiger partial charge >= 0.3 is 5.97 Å². The van der Waals surface area contributed by atoms with Crippen LogP contribution < -0.4 is 11.1 Å². The van der Waals surface area contributed by atoms with Crippen molar-refractivity contribution in [1.82, 2.24) is 4.98 Å². The van der Waals surface area contributed by atoms with E-state index in [1.54, 1.807) is 6.92 Å². The summed E-state index contributed by atoms with van der Waals surface area (Å²) in [6, 6.07) is -0.513. The van der Waals surface area contributed by atoms with Crippen LogP contribution in [0, 0.1) is 12.8 Å². The van der Waals surface area contributed by atoms with Crippen molar-refractivity contribution in [2.75, 3.05) is 12.4 Å². The summed E-state index contributed by atoms with van der Waals surface area (Å²) in [4.78, 5) is 27.3. The van der Waals surface area contributed by atoms with E-state index in [4.69, 9.17) is 5.73 Å². The molecule has 6 nitrogen and oxygen atoms in total. The van der Waals surface area contributed by atoms with Crippen molar-refractivity contribution in [3.8, 4) is 0 Å². The predicted octanol–water partition coefficient (Wildman–Crippen LogP) is 1.16. The van der Waals surface area contributed by atoms with Crippen LogP contribution in [0.15, 0.2) is 0 Å². The zero-order valence-electron chi connectivity index (χ0n) is 10.8. The molecule has 0 aromatic carbocycles. The highest BCUT2D eigenvalue weighted by molar-refractivity contribution is 7.17. The topological polar surface area (TPSA) is 94.3 Å². The molecule has 1 heterocycles. The second kappa shape index (κ2) is 5.81. The third kappa shape index (κ3) is 3.19. The molecule has 1 aromatic rings. The number of aryl methyl sites for hydroxylation is 1. The highest BCUT2D eigenvalue weighted by Gasteiger charge is 2.22. The Balaban J connectivity index is 2.92. The number of amides is 1. The maximum Gasteiger partial charge on any atom is 0.350 e. The molecule has 0 aliphatic rings. The number of esters is 1. The molecule has 0 saturated heterocycles. The van der Waals surface area contributed by atoms with Crippen molar-refractivity contribution >= 4 is 28.3 Å². The lowest BCUT2D eigenvalue weighted by Gasteiger charge is -2.17. The Morgan fingerprint density at radius 2 is 2.06 bits per heavy atom. The van der Waals surface area contributed by atoms with E-state index < -0.39 is 17.9 Å². The van der Waals surface area contributed by atoms with Gasteiger partial charge in [0, 0.05) is 0 Å². The van der Waals surface area contributed by atoms with Gasteiger partial charge in [-0.05, 0) is 12.8 Å². The zero-order chi connectivity index (χ0) is 13.9. The number of nitrogens with one attached hydrogen (secondary N) is 1. The number of methoxy groups -OCH3 is 1. The van der Waals surface area contributed by atoms with E-state index >= 15 is 0 Å². The Kier molecular flexibility index (Phi) is 4.66. The summed E-state index contributed by atoms with van der Waals surface area (Å²) >= 11 is 1.15. The van der Waals surface area contributed by atoms with Gasteiger partial charge in [0.1, 0.15) is 10.9 Å². The average Bonchev–Trinajstić information content (AvgIpc) is 2.65. The largest absolute Gasteiger partial charge is 0.465 e. The van der Waals surface area contributed by atoms with E-state index in [2.05, 4.69) is 15.0 Å². The molecule has 0 saturated carbocycles. The molecule has 0 fully saturated rings. The van der Waals surface area contributed by atoms with Crippen LogP contribution in [-0.4, -0.2) is 30.0 Å². The number of anilines is 1. The standard InChI is InChI=1S/C11H17N3O3S/c1-5(2)7(9(12)15)14-11-13-6(3)8(18-11)10(16)17-4/h5,7H,1-4H3,(H2,12,15)(H,13,14). The van der Waals surface area contributed by atoms with Gasteiger partial charge in [-0.25, -0.2) is 9.78 Å². The van der Waals surface area contributed by atoms with Crippen LogP contribution >= 0.6 is 11.3 Å². The SMILES string of the molecule is COC(=O)c1sc(NC(C(N)=O)C(C)C)nc1C. The number of hydrogen-bond acceptors (Lipinski definition) is 6. The van der Waals surface area contributed by atoms with Gasteiger partial charge in [-0.1, -0.05) is 25.2 Å². The molecular weight excluding hydrogens is 254 g/mol. The van der Waals surface area contributed by atoms with Crippen LogP contribution in [-0.2, 0) is 9.53 Å². The summed E-state index contributed by atoms with van der Waals surface area (Å²) in [5.74, 6) is -0.844. The Bertz CT molecular complexity index is 456. The number of primary amides is 1. The van der Waals surface area contributed by atoms with E-state index in [1.807, 2.05) is 13.8 Å². The normalized spacial score (nSPS) is 12.3. The number of nitrogens with zero attached hydrogens (tertiary/aromatic N) is 1. The van der Waals surface area contributed by atoms with Crippen molar-refractivity contribution in [3.63, 3.8) is 0 Å². The van der Waals surface area contributed by atoms with Gasteiger partial charge < -0.3 is 15.8 Å². The molecule has 0 aliphatic carbocycles. The van der Waals surface area contributed by atoms with E-state index in [-0.39, 0.29) is 5.92 Å². The van der Waals surface area contributed by atoms with Gasteiger partial charge in [0.2, 0.25) is 5.91 Å². The molecule has 1 aromatic heterocycles. The first-order chi connectivity index (χ1) is 8.36. The highest BCUT2D eigenvalue weighted by Crippen LogP contribution is 2.24. The third-order valence-corrected chi connectivity index (χ3v) is 3.49. The lowest BCUT2D eigenvalue weighted by Crippen LogP contribution is -2.39. The summed E-state index contributed by atoms with van der Waals surface area (Å²) in [7, 11) is 1.31. The monoisotopic (exact) mass is 271 g/mol. The number of rotatable bonds is 5. The van der Waals surface area contributed by atoms with Gasteiger partial charge in [0.05, 0.1) is 12.8 Å². The minimum Gasteiger partial charge on any atom is -0.465 e. The number of aromatic nitrogens is 1. The fraction of sp³-hybridized carbons (Fsp3) is 0.545. The fourth-order valence-electron chi connectivity index (χ4n) is 1.44. The van der Waals surface area contributed by atoms with Crippen LogP contribution in [0.25, 0.3) is 0 Å². The Morgan fingerprint density at radius 1 is 1.44 bits per heavy atom. The minimum absolute atomic E-state index is 0.0354. The number of ether oxygens (including phenoxy) is 1. The quantitative estimate of drug-likeness (QED) is 0.784. The molecule has 3 N–H and O–H groups in total. The Labute approximate surface area is 110 Å². The molecule has 1 atom stereocenters. The predicted molar refractivity (Wildman–Crippen MR) is 69.6 cm³/mol.